The van der Waals surface area contributed by atoms with E-state index in [9.17, 15) is 15.3 Å². The van der Waals surface area contributed by atoms with Crippen molar-refractivity contribution in [3.63, 3.8) is 0 Å². The van der Waals surface area contributed by atoms with Gasteiger partial charge in [0.05, 0.1) is 17.8 Å². The fraction of sp³-hybridized carbons (Fsp3) is 0.600. The Balaban J connectivity index is 3.07. The molecule has 0 aromatic carbocycles. The van der Waals surface area contributed by atoms with Crippen molar-refractivity contribution in [3.05, 3.63) is 47.6 Å². The Morgan fingerprint density at radius 2 is 1.96 bits per heavy atom. The summed E-state index contributed by atoms with van der Waals surface area (Å²) in [7, 11) is 0. The van der Waals surface area contributed by atoms with E-state index in [1.54, 1.807) is 19.1 Å². The molecule has 130 valence electrons. The van der Waals surface area contributed by atoms with E-state index in [1.165, 1.54) is 5.57 Å². The van der Waals surface area contributed by atoms with Crippen LogP contribution in [0.3, 0.4) is 0 Å². The van der Waals surface area contributed by atoms with Crippen LogP contribution in [-0.2, 0) is 0 Å². The molecule has 0 unspecified atom stereocenters. The minimum absolute atomic E-state index is 0.209. The summed E-state index contributed by atoms with van der Waals surface area (Å²) in [6, 6.07) is 0. The minimum Gasteiger partial charge on any atom is -0.389 e. The zero-order valence-electron chi connectivity index (χ0n) is 14.9. The Hall–Kier alpha value is -1.16. The highest BCUT2D eigenvalue weighted by molar-refractivity contribution is 5.15. The van der Waals surface area contributed by atoms with E-state index in [0.717, 1.165) is 24.0 Å². The Labute approximate surface area is 140 Å². The molecule has 1 aliphatic carbocycles. The van der Waals surface area contributed by atoms with Crippen LogP contribution in [0.15, 0.2) is 47.6 Å². The van der Waals surface area contributed by atoms with E-state index in [-0.39, 0.29) is 12.3 Å². The van der Waals surface area contributed by atoms with Gasteiger partial charge in [-0.05, 0) is 58.4 Å². The number of hydrogen-bond donors (Lipinski definition) is 3. The molecule has 0 spiro atoms. The fourth-order valence-electron chi connectivity index (χ4n) is 2.84. The molecule has 0 saturated heterocycles. The van der Waals surface area contributed by atoms with Gasteiger partial charge in [-0.3, -0.25) is 0 Å². The Morgan fingerprint density at radius 1 is 1.30 bits per heavy atom. The van der Waals surface area contributed by atoms with Crippen molar-refractivity contribution in [3.8, 4) is 0 Å². The Kier molecular flexibility index (Phi) is 7.46. The van der Waals surface area contributed by atoms with Crippen LogP contribution in [0.4, 0.5) is 0 Å². The molecule has 0 saturated carbocycles. The third-order valence-corrected chi connectivity index (χ3v) is 4.48. The normalized spacial score (nSPS) is 40.2. The van der Waals surface area contributed by atoms with Crippen LogP contribution in [-0.4, -0.2) is 33.1 Å². The molecule has 0 aromatic rings. The second kappa shape index (κ2) is 8.62. The lowest BCUT2D eigenvalue weighted by atomic mass is 9.87. The van der Waals surface area contributed by atoms with Gasteiger partial charge in [0.1, 0.15) is 0 Å². The molecule has 3 N–H and O–H groups in total. The molecule has 0 radical (unpaired) electrons. The molecule has 4 atom stereocenters. The third-order valence-electron chi connectivity index (χ3n) is 4.48. The third kappa shape index (κ3) is 7.30. The lowest BCUT2D eigenvalue weighted by molar-refractivity contribution is 0.0562. The average Bonchev–Trinajstić information content (AvgIpc) is 2.40. The molecule has 0 fully saturated rings. The van der Waals surface area contributed by atoms with Crippen molar-refractivity contribution in [2.45, 2.75) is 71.2 Å². The highest BCUT2D eigenvalue weighted by atomic mass is 16.3. The van der Waals surface area contributed by atoms with Crippen LogP contribution in [0.2, 0.25) is 0 Å². The summed E-state index contributed by atoms with van der Waals surface area (Å²) < 4.78 is 0. The summed E-state index contributed by atoms with van der Waals surface area (Å²) >= 11 is 0. The van der Waals surface area contributed by atoms with Crippen LogP contribution in [0, 0.1) is 5.92 Å². The van der Waals surface area contributed by atoms with Crippen LogP contribution < -0.4 is 0 Å². The Morgan fingerprint density at radius 3 is 2.57 bits per heavy atom. The minimum atomic E-state index is -1.06. The zero-order chi connectivity index (χ0) is 17.6. The summed E-state index contributed by atoms with van der Waals surface area (Å²) in [6.07, 6.45) is 8.56. The first-order valence-electron chi connectivity index (χ1n) is 8.36. The van der Waals surface area contributed by atoms with Crippen LogP contribution in [0.5, 0.6) is 0 Å². The first kappa shape index (κ1) is 19.9. The van der Waals surface area contributed by atoms with Crippen LogP contribution in [0.1, 0.15) is 53.4 Å². The molecule has 3 nitrogen and oxygen atoms in total. The summed E-state index contributed by atoms with van der Waals surface area (Å²) in [5.41, 5.74) is 1.96. The van der Waals surface area contributed by atoms with Crippen molar-refractivity contribution in [2.24, 2.45) is 5.92 Å². The number of allylic oxidation sites excluding steroid dienone is 4. The summed E-state index contributed by atoms with van der Waals surface area (Å²) in [6.45, 7) is 11.6. The molecule has 0 aliphatic heterocycles. The maximum atomic E-state index is 10.4. The highest BCUT2D eigenvalue weighted by Gasteiger charge is 2.22. The smallest absolute Gasteiger partial charge is 0.0827 e. The van der Waals surface area contributed by atoms with E-state index >= 15 is 0 Å². The predicted molar refractivity (Wildman–Crippen MR) is 96.1 cm³/mol. The first-order valence-corrected chi connectivity index (χ1v) is 8.36. The van der Waals surface area contributed by atoms with Gasteiger partial charge in [-0.2, -0.15) is 0 Å². The van der Waals surface area contributed by atoms with E-state index in [2.05, 4.69) is 19.6 Å². The van der Waals surface area contributed by atoms with Crippen molar-refractivity contribution in [1.29, 1.82) is 0 Å². The van der Waals surface area contributed by atoms with Crippen molar-refractivity contribution in [1.82, 2.24) is 0 Å². The Bertz CT molecular complexity index is 497. The van der Waals surface area contributed by atoms with Crippen molar-refractivity contribution in [2.75, 3.05) is 0 Å². The van der Waals surface area contributed by atoms with Crippen molar-refractivity contribution < 1.29 is 15.3 Å². The molecule has 0 bridgehead atoms. The molecule has 0 heterocycles. The molecular weight excluding hydrogens is 288 g/mol. The maximum Gasteiger partial charge on any atom is 0.0827 e. The molecule has 23 heavy (non-hydrogen) atoms. The molecule has 3 heteroatoms. The van der Waals surface area contributed by atoms with Gasteiger partial charge in [0.15, 0.2) is 0 Å². The molecule has 0 aromatic heterocycles. The van der Waals surface area contributed by atoms with E-state index in [1.807, 2.05) is 19.9 Å². The summed E-state index contributed by atoms with van der Waals surface area (Å²) in [5.74, 6) is 0.218. The van der Waals surface area contributed by atoms with Gasteiger partial charge in [-0.1, -0.05) is 42.0 Å². The number of hydrogen-bond acceptors (Lipinski definition) is 3. The second-order valence-electron chi connectivity index (χ2n) is 7.23. The van der Waals surface area contributed by atoms with Gasteiger partial charge in [0.25, 0.3) is 0 Å². The molecule has 1 aliphatic rings. The quantitative estimate of drug-likeness (QED) is 0.646. The second-order valence-corrected chi connectivity index (χ2v) is 7.23. The fourth-order valence-corrected chi connectivity index (χ4v) is 2.84. The number of aliphatic hydroxyl groups excluding tert-OH is 2. The van der Waals surface area contributed by atoms with Gasteiger partial charge < -0.3 is 15.3 Å². The van der Waals surface area contributed by atoms with E-state index < -0.39 is 17.8 Å². The maximum absolute atomic E-state index is 10.4. The topological polar surface area (TPSA) is 60.7 Å². The first-order chi connectivity index (χ1) is 10.6. The van der Waals surface area contributed by atoms with Gasteiger partial charge in [-0.25, -0.2) is 0 Å². The highest BCUT2D eigenvalue weighted by Crippen LogP contribution is 2.25. The van der Waals surface area contributed by atoms with Gasteiger partial charge in [0, 0.05) is 6.42 Å². The SMILES string of the molecule is C=C(C)[C@H]1C/C=C(/C)C/C=C\[C@](C)(O)C[C@@H](O)/C=C(/C)[C@@H](O)C1. The summed E-state index contributed by atoms with van der Waals surface area (Å²) in [5, 5.41) is 30.9. The molecule has 1 rings (SSSR count). The van der Waals surface area contributed by atoms with E-state index in [0.29, 0.717) is 6.42 Å². The number of rotatable bonds is 1. The molecular formula is C20H32O3. The average molecular weight is 320 g/mol. The van der Waals surface area contributed by atoms with Gasteiger partial charge >= 0.3 is 0 Å². The monoisotopic (exact) mass is 320 g/mol. The van der Waals surface area contributed by atoms with Crippen LogP contribution >= 0.6 is 0 Å². The zero-order valence-corrected chi connectivity index (χ0v) is 14.9. The molecule has 0 amide bonds. The lowest BCUT2D eigenvalue weighted by Gasteiger charge is -2.24. The number of aliphatic hydroxyl groups is 3. The van der Waals surface area contributed by atoms with Crippen LogP contribution in [0.25, 0.3) is 0 Å². The van der Waals surface area contributed by atoms with Gasteiger partial charge in [-0.15, -0.1) is 0 Å². The lowest BCUT2D eigenvalue weighted by Crippen LogP contribution is -2.27. The van der Waals surface area contributed by atoms with Gasteiger partial charge in [0.2, 0.25) is 0 Å². The van der Waals surface area contributed by atoms with E-state index in [4.69, 9.17) is 0 Å². The standard InChI is InChI=1S/C20H32O3/c1-14(2)17-9-8-15(3)7-6-10-20(5,23)13-18(21)11-16(4)19(22)12-17/h6,8,10-11,17-19,21-23H,1,7,9,12-13H2,2-5H3/b10-6-,15-8-,16-11-/t17-,18-,19-,20-/m0/s1. The summed E-state index contributed by atoms with van der Waals surface area (Å²) in [4.78, 5) is 0. The van der Waals surface area contributed by atoms with Crippen molar-refractivity contribution >= 4 is 0 Å². The predicted octanol–water partition coefficient (Wildman–Crippen LogP) is 3.67. The largest absolute Gasteiger partial charge is 0.389 e.